The predicted octanol–water partition coefficient (Wildman–Crippen LogP) is 2.20. The number of carbonyl (C=O) groups is 2. The average molecular weight is 357 g/mol. The molecule has 1 aromatic heterocycles. The maximum atomic E-state index is 12.4. The monoisotopic (exact) mass is 356 g/mol. The lowest BCUT2D eigenvalue weighted by molar-refractivity contribution is -0.121. The van der Waals surface area contributed by atoms with Crippen molar-refractivity contribution in [3.8, 4) is 5.75 Å². The predicted molar refractivity (Wildman–Crippen MR) is 87.3 cm³/mol. The van der Waals surface area contributed by atoms with Gasteiger partial charge in [-0.3, -0.25) is 14.3 Å². The van der Waals surface area contributed by atoms with Crippen molar-refractivity contribution in [3.63, 3.8) is 0 Å². The van der Waals surface area contributed by atoms with Crippen LogP contribution in [0.25, 0.3) is 0 Å². The van der Waals surface area contributed by atoms with E-state index in [4.69, 9.17) is 27.9 Å². The quantitative estimate of drug-likeness (QED) is 0.859. The van der Waals surface area contributed by atoms with E-state index in [1.165, 1.54) is 43.4 Å². The number of halogens is 2. The summed E-state index contributed by atoms with van der Waals surface area (Å²) in [5, 5.41) is 9.67. The highest BCUT2D eigenvalue weighted by Gasteiger charge is 2.17. The van der Waals surface area contributed by atoms with E-state index in [1.807, 2.05) is 0 Å². The molecule has 0 spiro atoms. The highest BCUT2D eigenvalue weighted by atomic mass is 35.5. The van der Waals surface area contributed by atoms with Crippen molar-refractivity contribution < 1.29 is 14.3 Å². The highest BCUT2D eigenvalue weighted by molar-refractivity contribution is 6.36. The summed E-state index contributed by atoms with van der Waals surface area (Å²) in [6.07, 6.45) is 2.96. The molecule has 2 amide bonds. The van der Waals surface area contributed by atoms with Gasteiger partial charge >= 0.3 is 0 Å². The van der Waals surface area contributed by atoms with Crippen LogP contribution in [0.1, 0.15) is 10.4 Å². The van der Waals surface area contributed by atoms with Crippen molar-refractivity contribution in [3.05, 3.63) is 40.1 Å². The number of anilines is 1. The van der Waals surface area contributed by atoms with Crippen molar-refractivity contribution in [2.45, 2.75) is 6.54 Å². The highest BCUT2D eigenvalue weighted by Crippen LogP contribution is 2.32. The molecule has 1 aromatic carbocycles. The molecule has 0 aliphatic carbocycles. The first-order valence-electron chi connectivity index (χ1n) is 6.52. The normalized spacial score (nSPS) is 10.3. The van der Waals surface area contributed by atoms with Gasteiger partial charge in [-0.25, -0.2) is 0 Å². The number of amides is 2. The Balaban J connectivity index is 2.18. The Morgan fingerprint density at radius 1 is 1.35 bits per heavy atom. The second-order valence-electron chi connectivity index (χ2n) is 4.52. The van der Waals surface area contributed by atoms with E-state index in [9.17, 15) is 9.59 Å². The number of nitrogens with one attached hydrogen (secondary N) is 2. The van der Waals surface area contributed by atoms with E-state index in [1.54, 1.807) is 0 Å². The molecule has 0 saturated heterocycles. The Labute approximate surface area is 142 Å². The van der Waals surface area contributed by atoms with Crippen LogP contribution >= 0.6 is 23.2 Å². The second kappa shape index (κ2) is 7.34. The third-order valence-electron chi connectivity index (χ3n) is 2.93. The third-order valence-corrected chi connectivity index (χ3v) is 3.43. The van der Waals surface area contributed by atoms with Crippen molar-refractivity contribution in [2.24, 2.45) is 0 Å². The molecule has 2 rings (SSSR count). The summed E-state index contributed by atoms with van der Waals surface area (Å²) in [7, 11) is 2.94. The number of rotatable bonds is 5. The van der Waals surface area contributed by atoms with E-state index >= 15 is 0 Å². The fourth-order valence-electron chi connectivity index (χ4n) is 1.88. The van der Waals surface area contributed by atoms with E-state index in [2.05, 4.69) is 15.7 Å². The molecule has 1 heterocycles. The van der Waals surface area contributed by atoms with Gasteiger partial charge in [0.25, 0.3) is 5.91 Å². The molecule has 122 valence electrons. The van der Waals surface area contributed by atoms with Crippen LogP contribution < -0.4 is 15.4 Å². The van der Waals surface area contributed by atoms with Crippen LogP contribution in [0.5, 0.6) is 5.75 Å². The minimum atomic E-state index is -0.453. The smallest absolute Gasteiger partial charge is 0.259 e. The zero-order chi connectivity index (χ0) is 17.0. The molecule has 7 nitrogen and oxygen atoms in total. The molecule has 2 N–H and O–H groups in total. The van der Waals surface area contributed by atoms with Crippen LogP contribution in [-0.2, 0) is 11.3 Å². The van der Waals surface area contributed by atoms with Gasteiger partial charge in [-0.2, -0.15) is 5.10 Å². The first-order chi connectivity index (χ1) is 10.9. The average Bonchev–Trinajstić information content (AvgIpc) is 2.93. The second-order valence-corrected chi connectivity index (χ2v) is 5.37. The van der Waals surface area contributed by atoms with Crippen LogP contribution in [-0.4, -0.2) is 35.8 Å². The van der Waals surface area contributed by atoms with E-state index in [0.29, 0.717) is 10.7 Å². The summed E-state index contributed by atoms with van der Waals surface area (Å²) < 4.78 is 6.54. The Morgan fingerprint density at radius 3 is 2.74 bits per heavy atom. The third kappa shape index (κ3) is 4.14. The van der Waals surface area contributed by atoms with Gasteiger partial charge in [-0.15, -0.1) is 0 Å². The van der Waals surface area contributed by atoms with Crippen LogP contribution in [0.4, 0.5) is 5.69 Å². The van der Waals surface area contributed by atoms with Crippen LogP contribution in [0.3, 0.4) is 0 Å². The molecule has 0 fully saturated rings. The van der Waals surface area contributed by atoms with Crippen LogP contribution in [0, 0.1) is 0 Å². The van der Waals surface area contributed by atoms with Gasteiger partial charge in [-0.05, 0) is 12.1 Å². The van der Waals surface area contributed by atoms with Gasteiger partial charge in [0.15, 0.2) is 0 Å². The maximum Gasteiger partial charge on any atom is 0.259 e. The summed E-state index contributed by atoms with van der Waals surface area (Å²) in [6.45, 7) is 0.0543. The number of hydrogen-bond donors (Lipinski definition) is 2. The number of benzene rings is 1. The Kier molecular flexibility index (Phi) is 5.46. The zero-order valence-electron chi connectivity index (χ0n) is 12.4. The molecule has 0 aliphatic heterocycles. The van der Waals surface area contributed by atoms with E-state index < -0.39 is 5.91 Å². The zero-order valence-corrected chi connectivity index (χ0v) is 13.9. The van der Waals surface area contributed by atoms with Crippen LogP contribution in [0.15, 0.2) is 24.5 Å². The summed E-state index contributed by atoms with van der Waals surface area (Å²) in [5.41, 5.74) is 0.626. The summed E-state index contributed by atoms with van der Waals surface area (Å²) >= 11 is 11.9. The molecule has 2 aromatic rings. The van der Waals surface area contributed by atoms with E-state index in [0.717, 1.165) is 0 Å². The van der Waals surface area contributed by atoms with Crippen molar-refractivity contribution in [1.82, 2.24) is 15.1 Å². The number of methoxy groups -OCH3 is 1. The summed E-state index contributed by atoms with van der Waals surface area (Å²) in [6, 6.07) is 2.94. The van der Waals surface area contributed by atoms with E-state index in [-0.39, 0.29) is 28.8 Å². The lowest BCUT2D eigenvalue weighted by Crippen LogP contribution is -2.23. The molecule has 0 unspecified atom stereocenters. The SMILES string of the molecule is CNC(=O)Cn1cc(NC(=O)c2cc(Cl)cc(Cl)c2OC)cn1. The van der Waals surface area contributed by atoms with Crippen LogP contribution in [0.2, 0.25) is 10.0 Å². The summed E-state index contributed by atoms with van der Waals surface area (Å²) in [4.78, 5) is 23.6. The lowest BCUT2D eigenvalue weighted by atomic mass is 10.2. The van der Waals surface area contributed by atoms with Gasteiger partial charge in [-0.1, -0.05) is 23.2 Å². The number of nitrogens with zero attached hydrogens (tertiary/aromatic N) is 2. The maximum absolute atomic E-state index is 12.4. The number of carbonyl (C=O) groups excluding carboxylic acids is 2. The Bertz CT molecular complexity index is 746. The number of ether oxygens (including phenoxy) is 1. The van der Waals surface area contributed by atoms with Crippen molar-refractivity contribution in [1.29, 1.82) is 0 Å². The topological polar surface area (TPSA) is 85.2 Å². The van der Waals surface area contributed by atoms with Crippen molar-refractivity contribution in [2.75, 3.05) is 19.5 Å². The summed E-state index contributed by atoms with van der Waals surface area (Å²) in [5.74, 6) is -0.425. The molecule has 0 atom stereocenters. The first kappa shape index (κ1) is 17.1. The Hall–Kier alpha value is -2.25. The van der Waals surface area contributed by atoms with Crippen molar-refractivity contribution >= 4 is 40.7 Å². The minimum absolute atomic E-state index is 0.0543. The fraction of sp³-hybridized carbons (Fsp3) is 0.214. The van der Waals surface area contributed by atoms with Gasteiger partial charge in [0.1, 0.15) is 12.3 Å². The van der Waals surface area contributed by atoms with Gasteiger partial charge in [0.2, 0.25) is 5.91 Å². The Morgan fingerprint density at radius 2 is 2.09 bits per heavy atom. The molecule has 0 aliphatic rings. The molecule has 0 saturated carbocycles. The molecular formula is C14H14Cl2N4O3. The number of hydrogen-bond acceptors (Lipinski definition) is 4. The molecule has 0 bridgehead atoms. The lowest BCUT2D eigenvalue weighted by Gasteiger charge is -2.10. The largest absolute Gasteiger partial charge is 0.494 e. The number of likely N-dealkylation sites (N-methyl/N-ethyl adjacent to an activating group) is 1. The molecule has 0 radical (unpaired) electrons. The molecular weight excluding hydrogens is 343 g/mol. The first-order valence-corrected chi connectivity index (χ1v) is 7.27. The minimum Gasteiger partial charge on any atom is -0.494 e. The van der Waals surface area contributed by atoms with Gasteiger partial charge in [0, 0.05) is 18.3 Å². The molecule has 9 heteroatoms. The molecule has 23 heavy (non-hydrogen) atoms. The standard InChI is InChI=1S/C14H14Cl2N4O3/c1-17-12(21)7-20-6-9(5-18-20)19-14(22)10-3-8(15)4-11(16)13(10)23-2/h3-6H,7H2,1-2H3,(H,17,21)(H,19,22). The van der Waals surface area contributed by atoms with Gasteiger partial charge < -0.3 is 15.4 Å². The number of aromatic nitrogens is 2. The van der Waals surface area contributed by atoms with Gasteiger partial charge in [0.05, 0.1) is 29.6 Å². The fourth-order valence-corrected chi connectivity index (χ4v) is 2.45.